The van der Waals surface area contributed by atoms with Gasteiger partial charge in [-0.2, -0.15) is 0 Å². The van der Waals surface area contributed by atoms with E-state index < -0.39 is 102 Å². The van der Waals surface area contributed by atoms with Crippen LogP contribution in [0, 0.1) is 0 Å². The van der Waals surface area contributed by atoms with Crippen molar-refractivity contribution >= 4 is 51.2 Å². The van der Waals surface area contributed by atoms with Crippen LogP contribution < -0.4 is 21.3 Å². The summed E-state index contributed by atoms with van der Waals surface area (Å²) in [6.07, 6.45) is 48.4. The van der Waals surface area contributed by atoms with Gasteiger partial charge in [0, 0.05) is 39.1 Å². The van der Waals surface area contributed by atoms with Gasteiger partial charge >= 0.3 is 27.6 Å². The molecule has 0 fully saturated rings. The van der Waals surface area contributed by atoms with Gasteiger partial charge in [0.1, 0.15) is 12.2 Å². The number of phosphoric acid groups is 2. The fourth-order valence-corrected chi connectivity index (χ4v) is 14.2. The van der Waals surface area contributed by atoms with E-state index >= 15 is 0 Å². The Balaban J connectivity index is 3.07. The van der Waals surface area contributed by atoms with Gasteiger partial charge in [0.05, 0.1) is 87.9 Å². The number of aliphatic hydroxyl groups excluding tert-OH is 2. The maximum absolute atomic E-state index is 13.9. The van der Waals surface area contributed by atoms with E-state index in [4.69, 9.17) is 37.0 Å². The van der Waals surface area contributed by atoms with E-state index in [-0.39, 0.29) is 88.3 Å². The lowest BCUT2D eigenvalue weighted by molar-refractivity contribution is -0.152. The van der Waals surface area contributed by atoms with Gasteiger partial charge < -0.3 is 60.2 Å². The third kappa shape index (κ3) is 63.8. The first-order valence-corrected chi connectivity index (χ1v) is 46.9. The van der Waals surface area contributed by atoms with Crippen LogP contribution in [-0.4, -0.2) is 158 Å². The van der Waals surface area contributed by atoms with Crippen molar-refractivity contribution in [2.75, 3.05) is 65.9 Å². The van der Waals surface area contributed by atoms with Gasteiger partial charge in [-0.05, 0) is 115 Å². The van der Waals surface area contributed by atoms with Crippen LogP contribution in [0.5, 0.6) is 0 Å². The molecule has 26 heteroatoms. The van der Waals surface area contributed by atoms with Crippen molar-refractivity contribution in [3.63, 3.8) is 0 Å². The summed E-state index contributed by atoms with van der Waals surface area (Å²) in [7, 11) is -9.69. The average Bonchev–Trinajstić information content (AvgIpc) is 0.837. The van der Waals surface area contributed by atoms with Gasteiger partial charge in [0.25, 0.3) is 11.8 Å². The standard InChI is InChI=1S/C86H156N4O20P2/c1-7-13-19-25-28-31-34-40-46-54-78(110-84(96)58-48-42-36-33-30-27-21-15-9-3)68-82(94)90-74(70-104-64-60-76(92)52-44-38-23-17-11-5)72-108-112(101,102)106-66-62-88-86(98)80-56-50-49-55-79(80)85(97)87-61-65-105-111(99,100)107-71-73(69-103-63-59-75(91)51-43-37-22-16-10-4)89-81(93)67-77(53-45-39-24-18-12-6)109-83(95)57-47-41-35-32-29-26-20-14-8-2/h32-33,35-36,49-50,55-56,73-78,91-92H,7-31,34,37-48,51-54,57-72H2,1-6H3,(H,87,97)(H,88,98)(H,89,93)(H,90,94)(H,99,100)(H,101,102)/b35-32+,36-33+/t73?,74?,75-,76-,77-,78-/m1/s1. The number of ether oxygens (including phenoxy) is 4. The number of unbranched alkanes of at least 4 members (excludes halogenated alkanes) is 30. The number of aliphatic hydroxyl groups is 2. The van der Waals surface area contributed by atoms with Crippen molar-refractivity contribution in [2.45, 2.75) is 386 Å². The Morgan fingerprint density at radius 3 is 1.02 bits per heavy atom. The minimum absolute atomic E-state index is 0.0737. The molecular weight excluding hydrogens is 1470 g/mol. The van der Waals surface area contributed by atoms with Gasteiger partial charge in [-0.1, -0.05) is 258 Å². The van der Waals surface area contributed by atoms with Crippen molar-refractivity contribution in [3.8, 4) is 0 Å². The molecule has 0 aromatic heterocycles. The molecule has 0 radical (unpaired) electrons. The fourth-order valence-electron chi connectivity index (χ4n) is 12.7. The first-order chi connectivity index (χ1) is 54.2. The number of hydrogen-bond donors (Lipinski definition) is 8. The third-order valence-corrected chi connectivity index (χ3v) is 21.4. The highest BCUT2D eigenvalue weighted by molar-refractivity contribution is 7.47. The number of amides is 4. The zero-order valence-electron chi connectivity index (χ0n) is 70.3. The first kappa shape index (κ1) is 106. The van der Waals surface area contributed by atoms with Gasteiger partial charge in [-0.15, -0.1) is 0 Å². The minimum Gasteiger partial charge on any atom is -0.462 e. The lowest BCUT2D eigenvalue weighted by Crippen LogP contribution is -2.43. The molecule has 1 aromatic carbocycles. The van der Waals surface area contributed by atoms with E-state index in [1.54, 1.807) is 0 Å². The van der Waals surface area contributed by atoms with Crippen LogP contribution in [0.4, 0.5) is 0 Å². The van der Waals surface area contributed by atoms with Gasteiger partial charge in [-0.3, -0.25) is 46.9 Å². The number of allylic oxidation sites excluding steroid dienone is 4. The number of carbonyl (C=O) groups is 6. The normalized spacial score (nSPS) is 14.4. The van der Waals surface area contributed by atoms with E-state index in [1.807, 2.05) is 0 Å². The summed E-state index contributed by atoms with van der Waals surface area (Å²) < 4.78 is 71.6. The lowest BCUT2D eigenvalue weighted by Gasteiger charge is -2.23. The number of phosphoric ester groups is 2. The fraction of sp³-hybridized carbons (Fsp3) is 0.814. The first-order valence-electron chi connectivity index (χ1n) is 43.9. The van der Waals surface area contributed by atoms with Crippen molar-refractivity contribution in [1.82, 2.24) is 21.3 Å². The molecule has 1 aromatic rings. The number of carbonyl (C=O) groups excluding carboxylic acids is 6. The van der Waals surface area contributed by atoms with E-state index in [0.717, 1.165) is 161 Å². The number of nitrogens with one attached hydrogen (secondary N) is 4. The highest BCUT2D eigenvalue weighted by atomic mass is 31.2. The summed E-state index contributed by atoms with van der Waals surface area (Å²) in [6, 6.07) is 3.90. The van der Waals surface area contributed by atoms with Crippen molar-refractivity contribution in [2.24, 2.45) is 0 Å². The third-order valence-electron chi connectivity index (χ3n) is 19.4. The molecule has 0 saturated heterocycles. The molecule has 112 heavy (non-hydrogen) atoms. The molecule has 8 atom stereocenters. The number of benzene rings is 1. The molecule has 0 heterocycles. The zero-order chi connectivity index (χ0) is 82.2. The molecule has 1 rings (SSSR count). The molecule has 0 aliphatic heterocycles. The molecule has 650 valence electrons. The van der Waals surface area contributed by atoms with Crippen LogP contribution in [0.25, 0.3) is 0 Å². The van der Waals surface area contributed by atoms with Gasteiger partial charge in [0.15, 0.2) is 0 Å². The van der Waals surface area contributed by atoms with Gasteiger partial charge in [-0.25, -0.2) is 9.13 Å². The average molecular weight is 1630 g/mol. The molecule has 4 amide bonds. The van der Waals surface area contributed by atoms with Crippen LogP contribution in [0.3, 0.4) is 0 Å². The smallest absolute Gasteiger partial charge is 0.462 e. The van der Waals surface area contributed by atoms with E-state index in [1.165, 1.54) is 94.9 Å². The summed E-state index contributed by atoms with van der Waals surface area (Å²) in [6.45, 7) is 10.2. The maximum atomic E-state index is 13.9. The molecule has 0 spiro atoms. The van der Waals surface area contributed by atoms with Gasteiger partial charge in [0.2, 0.25) is 11.8 Å². The van der Waals surface area contributed by atoms with E-state index in [9.17, 15) is 57.9 Å². The molecular formula is C86H156N4O20P2. The van der Waals surface area contributed by atoms with Crippen LogP contribution in [0.15, 0.2) is 48.6 Å². The second-order valence-electron chi connectivity index (χ2n) is 30.1. The lowest BCUT2D eigenvalue weighted by atomic mass is 10.0. The van der Waals surface area contributed by atoms with Crippen LogP contribution in [0.2, 0.25) is 0 Å². The van der Waals surface area contributed by atoms with Crippen LogP contribution in [0.1, 0.15) is 370 Å². The summed E-state index contributed by atoms with van der Waals surface area (Å²) >= 11 is 0. The second-order valence-corrected chi connectivity index (χ2v) is 33.0. The van der Waals surface area contributed by atoms with Crippen LogP contribution in [-0.2, 0) is 65.4 Å². The summed E-state index contributed by atoms with van der Waals surface area (Å²) in [5.41, 5.74) is -0.148. The maximum Gasteiger partial charge on any atom is 0.472 e. The predicted octanol–water partition coefficient (Wildman–Crippen LogP) is 18.9. The van der Waals surface area contributed by atoms with E-state index in [0.29, 0.717) is 51.4 Å². The molecule has 0 aliphatic carbocycles. The second kappa shape index (κ2) is 73.0. The molecule has 8 N–H and O–H groups in total. The Kier molecular flexibility index (Phi) is 68.8. The minimum atomic E-state index is -4.85. The Hall–Kier alpha value is -4.42. The largest absolute Gasteiger partial charge is 0.472 e. The molecule has 4 unspecified atom stereocenters. The highest BCUT2D eigenvalue weighted by Crippen LogP contribution is 2.44. The number of rotatable bonds is 80. The summed E-state index contributed by atoms with van der Waals surface area (Å²) in [5.74, 6) is -3.21. The van der Waals surface area contributed by atoms with Crippen molar-refractivity contribution in [1.29, 1.82) is 0 Å². The Morgan fingerprint density at radius 2 is 0.679 bits per heavy atom. The van der Waals surface area contributed by atoms with Crippen molar-refractivity contribution in [3.05, 3.63) is 59.7 Å². The Labute approximate surface area is 676 Å². The monoisotopic (exact) mass is 1630 g/mol. The Morgan fingerprint density at radius 1 is 0.375 bits per heavy atom. The Bertz CT molecular complexity index is 2670. The summed E-state index contributed by atoms with van der Waals surface area (Å²) in [5, 5.41) is 32.1. The zero-order valence-corrected chi connectivity index (χ0v) is 72.1. The predicted molar refractivity (Wildman–Crippen MR) is 446 cm³/mol. The topological polar surface area (TPSA) is 339 Å². The van der Waals surface area contributed by atoms with E-state index in [2.05, 4.69) is 87.1 Å². The molecule has 24 nitrogen and oxygen atoms in total. The number of hydrogen-bond acceptors (Lipinski definition) is 18. The summed E-state index contributed by atoms with van der Waals surface area (Å²) in [4.78, 5) is 103. The highest BCUT2D eigenvalue weighted by Gasteiger charge is 2.29. The van der Waals surface area contributed by atoms with Crippen molar-refractivity contribution < 1.29 is 94.9 Å². The molecule has 0 bridgehead atoms. The van der Waals surface area contributed by atoms with Crippen LogP contribution >= 0.6 is 15.6 Å². The molecule has 0 saturated carbocycles. The quantitative estimate of drug-likeness (QED) is 0.0130. The molecule has 0 aliphatic rings. The number of esters is 2. The SMILES string of the molecule is CCCCCC/C=C/CCCC(=O)O[C@H](CCCCCCC)CC(=O)NC(COCC[C@H](O)CCCCCCC)COP(=O)(O)OCCNC(=O)c1ccccc1C(=O)NCCOP(=O)(O)OCC(COCC[C@H](O)CCCCCCC)NC(=O)C[C@@H](CCCCCCCCCCC)OC(=O)CCC/C=C/CCCCCC.